The second kappa shape index (κ2) is 6.35. The standard InChI is InChI=1S/C13H19N3O2/c1-11-2-3-12(10-15-11)18-9-4-13(17)16-7-5-14-6-8-16/h2-3,10,14H,4-9H2,1H3. The largest absolute Gasteiger partial charge is 0.491 e. The molecule has 0 unspecified atom stereocenters. The summed E-state index contributed by atoms with van der Waals surface area (Å²) in [6.45, 7) is 5.70. The molecular weight excluding hydrogens is 230 g/mol. The number of carbonyl (C=O) groups is 1. The Kier molecular flexibility index (Phi) is 4.52. The fraction of sp³-hybridized carbons (Fsp3) is 0.538. The van der Waals surface area contributed by atoms with Gasteiger partial charge in [0.2, 0.25) is 5.91 Å². The predicted molar refractivity (Wildman–Crippen MR) is 68.5 cm³/mol. The number of nitrogens with zero attached hydrogens (tertiary/aromatic N) is 2. The Morgan fingerprint density at radius 2 is 2.22 bits per heavy atom. The number of rotatable bonds is 4. The lowest BCUT2D eigenvalue weighted by atomic mass is 10.3. The van der Waals surface area contributed by atoms with Crippen molar-refractivity contribution in [2.75, 3.05) is 32.8 Å². The molecule has 1 saturated heterocycles. The lowest BCUT2D eigenvalue weighted by Gasteiger charge is -2.27. The molecule has 18 heavy (non-hydrogen) atoms. The molecule has 0 saturated carbocycles. The Labute approximate surface area is 107 Å². The van der Waals surface area contributed by atoms with E-state index in [0.717, 1.165) is 31.9 Å². The molecule has 2 rings (SSSR count). The van der Waals surface area contributed by atoms with Crippen LogP contribution in [0, 0.1) is 6.92 Å². The van der Waals surface area contributed by atoms with Gasteiger partial charge in [-0.25, -0.2) is 0 Å². The van der Waals surface area contributed by atoms with Crippen molar-refractivity contribution in [1.82, 2.24) is 15.2 Å². The summed E-state index contributed by atoms with van der Waals surface area (Å²) in [5.41, 5.74) is 0.958. The van der Waals surface area contributed by atoms with Crippen LogP contribution in [0.2, 0.25) is 0 Å². The zero-order valence-corrected chi connectivity index (χ0v) is 10.7. The van der Waals surface area contributed by atoms with Crippen LogP contribution in [-0.2, 0) is 4.79 Å². The zero-order chi connectivity index (χ0) is 12.8. The maximum absolute atomic E-state index is 11.8. The normalized spacial score (nSPS) is 15.5. The van der Waals surface area contributed by atoms with Crippen LogP contribution in [0.5, 0.6) is 5.75 Å². The number of hydrogen-bond acceptors (Lipinski definition) is 4. The maximum atomic E-state index is 11.8. The highest BCUT2D eigenvalue weighted by molar-refractivity contribution is 5.76. The molecule has 1 aromatic rings. The smallest absolute Gasteiger partial charge is 0.226 e. The highest BCUT2D eigenvalue weighted by Crippen LogP contribution is 2.09. The minimum atomic E-state index is 0.163. The number of amides is 1. The Bertz CT molecular complexity index is 386. The maximum Gasteiger partial charge on any atom is 0.226 e. The van der Waals surface area contributed by atoms with Crippen molar-refractivity contribution in [2.45, 2.75) is 13.3 Å². The first-order valence-electron chi connectivity index (χ1n) is 6.29. The minimum Gasteiger partial charge on any atom is -0.491 e. The number of aryl methyl sites for hydroxylation is 1. The molecule has 2 heterocycles. The van der Waals surface area contributed by atoms with Gasteiger partial charge in [0.1, 0.15) is 5.75 Å². The van der Waals surface area contributed by atoms with Gasteiger partial charge in [0, 0.05) is 31.9 Å². The topological polar surface area (TPSA) is 54.5 Å². The van der Waals surface area contributed by atoms with Crippen LogP contribution in [0.4, 0.5) is 0 Å². The summed E-state index contributed by atoms with van der Waals surface area (Å²) in [5, 5.41) is 3.22. The van der Waals surface area contributed by atoms with E-state index in [1.807, 2.05) is 24.0 Å². The van der Waals surface area contributed by atoms with Crippen molar-refractivity contribution in [2.24, 2.45) is 0 Å². The molecule has 1 aliphatic heterocycles. The van der Waals surface area contributed by atoms with Gasteiger partial charge in [-0.3, -0.25) is 9.78 Å². The summed E-state index contributed by atoms with van der Waals surface area (Å²) in [5.74, 6) is 0.880. The van der Waals surface area contributed by atoms with Crippen LogP contribution in [0.25, 0.3) is 0 Å². The van der Waals surface area contributed by atoms with Crippen molar-refractivity contribution in [3.05, 3.63) is 24.0 Å². The molecule has 0 aliphatic carbocycles. The summed E-state index contributed by atoms with van der Waals surface area (Å²) in [6.07, 6.45) is 2.11. The van der Waals surface area contributed by atoms with Crippen molar-refractivity contribution < 1.29 is 9.53 Å². The van der Waals surface area contributed by atoms with Crippen molar-refractivity contribution >= 4 is 5.91 Å². The van der Waals surface area contributed by atoms with E-state index < -0.39 is 0 Å². The lowest BCUT2D eigenvalue weighted by molar-refractivity contribution is -0.132. The number of hydrogen-bond donors (Lipinski definition) is 1. The third kappa shape index (κ3) is 3.70. The van der Waals surface area contributed by atoms with Crippen LogP contribution in [0.3, 0.4) is 0 Å². The summed E-state index contributed by atoms with van der Waals surface area (Å²) in [4.78, 5) is 17.9. The molecule has 1 aromatic heterocycles. The average Bonchev–Trinajstić information content (AvgIpc) is 2.42. The first kappa shape index (κ1) is 12.8. The molecule has 0 spiro atoms. The van der Waals surface area contributed by atoms with E-state index >= 15 is 0 Å². The molecule has 0 radical (unpaired) electrons. The van der Waals surface area contributed by atoms with Gasteiger partial charge in [-0.05, 0) is 19.1 Å². The molecule has 98 valence electrons. The summed E-state index contributed by atoms with van der Waals surface area (Å²) < 4.78 is 5.50. The first-order valence-corrected chi connectivity index (χ1v) is 6.29. The number of pyridine rings is 1. The Hall–Kier alpha value is -1.62. The van der Waals surface area contributed by atoms with Crippen LogP contribution < -0.4 is 10.1 Å². The highest BCUT2D eigenvalue weighted by atomic mass is 16.5. The lowest BCUT2D eigenvalue weighted by Crippen LogP contribution is -2.46. The van der Waals surface area contributed by atoms with Gasteiger partial charge in [-0.1, -0.05) is 0 Å². The summed E-state index contributed by atoms with van der Waals surface area (Å²) in [7, 11) is 0. The molecule has 1 N–H and O–H groups in total. The fourth-order valence-corrected chi connectivity index (χ4v) is 1.87. The third-order valence-electron chi connectivity index (χ3n) is 2.94. The number of aromatic nitrogens is 1. The van der Waals surface area contributed by atoms with Gasteiger partial charge in [0.25, 0.3) is 0 Å². The number of nitrogens with one attached hydrogen (secondary N) is 1. The van der Waals surface area contributed by atoms with Crippen LogP contribution in [0.1, 0.15) is 12.1 Å². The van der Waals surface area contributed by atoms with E-state index in [0.29, 0.717) is 18.8 Å². The minimum absolute atomic E-state index is 0.163. The highest BCUT2D eigenvalue weighted by Gasteiger charge is 2.15. The second-order valence-corrected chi connectivity index (χ2v) is 4.36. The van der Waals surface area contributed by atoms with Crippen molar-refractivity contribution in [1.29, 1.82) is 0 Å². The van der Waals surface area contributed by atoms with Crippen molar-refractivity contribution in [3.63, 3.8) is 0 Å². The van der Waals surface area contributed by atoms with E-state index in [-0.39, 0.29) is 5.91 Å². The molecule has 1 aliphatic rings. The number of carbonyl (C=O) groups excluding carboxylic acids is 1. The van der Waals surface area contributed by atoms with Crippen LogP contribution >= 0.6 is 0 Å². The van der Waals surface area contributed by atoms with E-state index in [1.54, 1.807) is 6.20 Å². The SMILES string of the molecule is Cc1ccc(OCCC(=O)N2CCNCC2)cn1. The molecule has 0 aromatic carbocycles. The van der Waals surface area contributed by atoms with Gasteiger partial charge >= 0.3 is 0 Å². The molecular formula is C13H19N3O2. The third-order valence-corrected chi connectivity index (χ3v) is 2.94. The van der Waals surface area contributed by atoms with Gasteiger partial charge in [0.05, 0.1) is 19.2 Å². The molecule has 1 fully saturated rings. The van der Waals surface area contributed by atoms with Gasteiger partial charge in [0.15, 0.2) is 0 Å². The van der Waals surface area contributed by atoms with Crippen LogP contribution in [0.15, 0.2) is 18.3 Å². The summed E-state index contributed by atoms with van der Waals surface area (Å²) >= 11 is 0. The Morgan fingerprint density at radius 3 is 2.89 bits per heavy atom. The molecule has 0 atom stereocenters. The van der Waals surface area contributed by atoms with E-state index in [9.17, 15) is 4.79 Å². The average molecular weight is 249 g/mol. The molecule has 5 nitrogen and oxygen atoms in total. The van der Waals surface area contributed by atoms with Crippen LogP contribution in [-0.4, -0.2) is 48.6 Å². The quantitative estimate of drug-likeness (QED) is 0.848. The van der Waals surface area contributed by atoms with Gasteiger partial charge < -0.3 is 15.0 Å². The van der Waals surface area contributed by atoms with E-state index in [4.69, 9.17) is 4.74 Å². The monoisotopic (exact) mass is 249 g/mol. The number of piperazine rings is 1. The summed E-state index contributed by atoms with van der Waals surface area (Å²) in [6, 6.07) is 3.77. The Balaban J connectivity index is 1.71. The molecule has 1 amide bonds. The fourth-order valence-electron chi connectivity index (χ4n) is 1.87. The second-order valence-electron chi connectivity index (χ2n) is 4.36. The molecule has 0 bridgehead atoms. The first-order chi connectivity index (χ1) is 8.75. The van der Waals surface area contributed by atoms with E-state index in [2.05, 4.69) is 10.3 Å². The van der Waals surface area contributed by atoms with E-state index in [1.165, 1.54) is 0 Å². The van der Waals surface area contributed by atoms with Gasteiger partial charge in [-0.15, -0.1) is 0 Å². The Morgan fingerprint density at radius 1 is 1.44 bits per heavy atom. The van der Waals surface area contributed by atoms with Crippen molar-refractivity contribution in [3.8, 4) is 5.75 Å². The van der Waals surface area contributed by atoms with Gasteiger partial charge in [-0.2, -0.15) is 0 Å². The predicted octanol–water partition coefficient (Wildman–Crippen LogP) is 0.591. The molecule has 5 heteroatoms. The number of ether oxygens (including phenoxy) is 1. The zero-order valence-electron chi connectivity index (χ0n) is 10.7.